The number of benzene rings is 1. The normalized spacial score (nSPS) is 19.6. The number of hydrogen-bond donors (Lipinski definition) is 1. The van der Waals surface area contributed by atoms with Crippen LogP contribution in [0.25, 0.3) is 0 Å². The molecule has 0 bridgehead atoms. The fourth-order valence-corrected chi connectivity index (χ4v) is 2.46. The Labute approximate surface area is 110 Å². The lowest BCUT2D eigenvalue weighted by Gasteiger charge is -2.26. The highest BCUT2D eigenvalue weighted by atomic mass is 16.5. The van der Waals surface area contributed by atoms with E-state index in [1.165, 1.54) is 43.2 Å². The van der Waals surface area contributed by atoms with Crippen LogP contribution in [0.3, 0.4) is 0 Å². The van der Waals surface area contributed by atoms with Crippen LogP contribution < -0.4 is 10.1 Å². The fraction of sp³-hybridized carbons (Fsp3) is 0.625. The monoisotopic (exact) mass is 245 g/mol. The van der Waals surface area contributed by atoms with Gasteiger partial charge >= 0.3 is 0 Å². The number of aryl methyl sites for hydroxylation is 1. The summed E-state index contributed by atoms with van der Waals surface area (Å²) in [5.41, 5.74) is 2.59. The molecule has 0 spiro atoms. The first-order valence-electron chi connectivity index (χ1n) is 7.27. The van der Waals surface area contributed by atoms with Crippen molar-refractivity contribution in [3.05, 3.63) is 29.3 Å². The van der Waals surface area contributed by atoms with E-state index in [0.29, 0.717) is 0 Å². The maximum Gasteiger partial charge on any atom is 0.126 e. The van der Waals surface area contributed by atoms with Crippen molar-refractivity contribution in [1.29, 1.82) is 0 Å². The highest BCUT2D eigenvalue weighted by Gasteiger charge is 2.22. The third-order valence-electron chi connectivity index (χ3n) is 4.14. The summed E-state index contributed by atoms with van der Waals surface area (Å²) in [5.74, 6) is 1.92. The van der Waals surface area contributed by atoms with Crippen LogP contribution in [0.4, 0.5) is 0 Å². The second-order valence-electron chi connectivity index (χ2n) is 5.83. The fourth-order valence-electron chi connectivity index (χ4n) is 2.46. The summed E-state index contributed by atoms with van der Waals surface area (Å²) in [4.78, 5) is 0. The first-order chi connectivity index (χ1) is 8.83. The van der Waals surface area contributed by atoms with Gasteiger partial charge in [-0.3, -0.25) is 0 Å². The van der Waals surface area contributed by atoms with Crippen molar-refractivity contribution in [3.8, 4) is 5.75 Å². The van der Waals surface area contributed by atoms with E-state index in [0.717, 1.165) is 30.9 Å². The summed E-state index contributed by atoms with van der Waals surface area (Å²) in [5, 5.41) is 3.58. The van der Waals surface area contributed by atoms with Gasteiger partial charge in [0.05, 0.1) is 6.61 Å². The lowest BCUT2D eigenvalue weighted by molar-refractivity contribution is 0.178. The average molecular weight is 245 g/mol. The Morgan fingerprint density at radius 2 is 2.06 bits per heavy atom. The van der Waals surface area contributed by atoms with E-state index in [2.05, 4.69) is 30.4 Å². The minimum Gasteiger partial charge on any atom is -0.493 e. The van der Waals surface area contributed by atoms with Gasteiger partial charge in [-0.1, -0.05) is 24.6 Å². The van der Waals surface area contributed by atoms with Crippen molar-refractivity contribution in [3.63, 3.8) is 0 Å². The minimum absolute atomic E-state index is 0.755. The SMILES string of the molecule is Cc1cccc(CNC2CC2)c1OCC1CCC1. The first kappa shape index (κ1) is 12.0. The zero-order valence-corrected chi connectivity index (χ0v) is 11.2. The zero-order valence-electron chi connectivity index (χ0n) is 11.2. The van der Waals surface area contributed by atoms with Gasteiger partial charge in [-0.05, 0) is 44.1 Å². The van der Waals surface area contributed by atoms with E-state index in [-0.39, 0.29) is 0 Å². The topological polar surface area (TPSA) is 21.3 Å². The summed E-state index contributed by atoms with van der Waals surface area (Å²) >= 11 is 0. The lowest BCUT2D eigenvalue weighted by atomic mass is 9.86. The van der Waals surface area contributed by atoms with E-state index in [9.17, 15) is 0 Å². The molecule has 0 aliphatic heterocycles. The van der Waals surface area contributed by atoms with Gasteiger partial charge in [0.15, 0.2) is 0 Å². The Bertz CT molecular complexity index is 408. The number of ether oxygens (including phenoxy) is 1. The smallest absolute Gasteiger partial charge is 0.126 e. The Balaban J connectivity index is 1.63. The van der Waals surface area contributed by atoms with Crippen molar-refractivity contribution in [2.45, 2.75) is 51.6 Å². The number of nitrogens with one attached hydrogen (secondary N) is 1. The molecule has 98 valence electrons. The van der Waals surface area contributed by atoms with Crippen LogP contribution in [0, 0.1) is 12.8 Å². The lowest BCUT2D eigenvalue weighted by Crippen LogP contribution is -2.21. The van der Waals surface area contributed by atoms with Crippen LogP contribution in [0.5, 0.6) is 5.75 Å². The van der Waals surface area contributed by atoms with Crippen molar-refractivity contribution < 1.29 is 4.74 Å². The predicted molar refractivity (Wildman–Crippen MR) is 73.9 cm³/mol. The molecule has 0 atom stereocenters. The van der Waals surface area contributed by atoms with Crippen molar-refractivity contribution in [2.24, 2.45) is 5.92 Å². The second-order valence-corrected chi connectivity index (χ2v) is 5.83. The third-order valence-corrected chi connectivity index (χ3v) is 4.14. The quantitative estimate of drug-likeness (QED) is 0.829. The van der Waals surface area contributed by atoms with Crippen LogP contribution in [-0.2, 0) is 6.54 Å². The third kappa shape index (κ3) is 2.86. The molecule has 0 radical (unpaired) electrons. The van der Waals surface area contributed by atoms with Gasteiger partial charge in [0.2, 0.25) is 0 Å². The van der Waals surface area contributed by atoms with E-state index >= 15 is 0 Å². The van der Waals surface area contributed by atoms with Crippen molar-refractivity contribution in [1.82, 2.24) is 5.32 Å². The van der Waals surface area contributed by atoms with Crippen LogP contribution in [0.1, 0.15) is 43.2 Å². The van der Waals surface area contributed by atoms with Gasteiger partial charge in [0.1, 0.15) is 5.75 Å². The first-order valence-corrected chi connectivity index (χ1v) is 7.27. The van der Waals surface area contributed by atoms with E-state index in [4.69, 9.17) is 4.74 Å². The molecule has 3 rings (SSSR count). The Kier molecular flexibility index (Phi) is 3.55. The van der Waals surface area contributed by atoms with Gasteiger partial charge in [0, 0.05) is 18.2 Å². The van der Waals surface area contributed by atoms with Crippen molar-refractivity contribution >= 4 is 0 Å². The summed E-state index contributed by atoms with van der Waals surface area (Å²) in [6, 6.07) is 7.23. The molecule has 0 unspecified atom stereocenters. The average Bonchev–Trinajstić information content (AvgIpc) is 3.11. The van der Waals surface area contributed by atoms with Crippen LogP contribution in [0.2, 0.25) is 0 Å². The summed E-state index contributed by atoms with van der Waals surface area (Å²) in [7, 11) is 0. The summed E-state index contributed by atoms with van der Waals surface area (Å²) in [6.07, 6.45) is 6.76. The molecule has 1 aromatic carbocycles. The molecule has 2 aliphatic carbocycles. The zero-order chi connectivity index (χ0) is 12.4. The Hall–Kier alpha value is -1.02. The molecule has 2 fully saturated rings. The van der Waals surface area contributed by atoms with Crippen LogP contribution in [-0.4, -0.2) is 12.6 Å². The molecular weight excluding hydrogens is 222 g/mol. The van der Waals surface area contributed by atoms with Crippen molar-refractivity contribution in [2.75, 3.05) is 6.61 Å². The maximum absolute atomic E-state index is 6.08. The predicted octanol–water partition coefficient (Wildman–Crippen LogP) is 3.43. The van der Waals surface area contributed by atoms with E-state index < -0.39 is 0 Å². The molecule has 2 nitrogen and oxygen atoms in total. The Morgan fingerprint density at radius 3 is 2.72 bits per heavy atom. The largest absolute Gasteiger partial charge is 0.493 e. The molecule has 2 heteroatoms. The Morgan fingerprint density at radius 1 is 1.22 bits per heavy atom. The molecule has 0 heterocycles. The van der Waals surface area contributed by atoms with Gasteiger partial charge in [0.25, 0.3) is 0 Å². The summed E-state index contributed by atoms with van der Waals surface area (Å²) < 4.78 is 6.08. The molecule has 2 saturated carbocycles. The molecule has 1 aromatic rings. The van der Waals surface area contributed by atoms with Gasteiger partial charge in [-0.2, -0.15) is 0 Å². The van der Waals surface area contributed by atoms with Gasteiger partial charge in [-0.15, -0.1) is 0 Å². The highest BCUT2D eigenvalue weighted by Crippen LogP contribution is 2.30. The van der Waals surface area contributed by atoms with E-state index in [1.54, 1.807) is 0 Å². The number of hydrogen-bond acceptors (Lipinski definition) is 2. The van der Waals surface area contributed by atoms with Gasteiger partial charge in [-0.25, -0.2) is 0 Å². The summed E-state index contributed by atoms with van der Waals surface area (Å²) in [6.45, 7) is 4.00. The van der Waals surface area contributed by atoms with Gasteiger partial charge < -0.3 is 10.1 Å². The van der Waals surface area contributed by atoms with Crippen LogP contribution in [0.15, 0.2) is 18.2 Å². The number of rotatable bonds is 6. The molecule has 2 aliphatic rings. The molecule has 1 N–H and O–H groups in total. The van der Waals surface area contributed by atoms with E-state index in [1.807, 2.05) is 0 Å². The maximum atomic E-state index is 6.08. The standard InChI is InChI=1S/C16H23NO/c1-12-4-2-7-14(10-17-15-8-9-15)16(12)18-11-13-5-3-6-13/h2,4,7,13,15,17H,3,5-6,8-11H2,1H3. The number of para-hydroxylation sites is 1. The second kappa shape index (κ2) is 5.31. The van der Waals surface area contributed by atoms with Crippen LogP contribution >= 0.6 is 0 Å². The minimum atomic E-state index is 0.755. The highest BCUT2D eigenvalue weighted by molar-refractivity contribution is 5.40. The molecule has 0 saturated heterocycles. The molecule has 18 heavy (non-hydrogen) atoms. The molecule has 0 aromatic heterocycles. The molecular formula is C16H23NO. The molecule has 0 amide bonds.